The Morgan fingerprint density at radius 1 is 0.875 bits per heavy atom. The van der Waals surface area contributed by atoms with Crippen LogP contribution < -0.4 is 10.1 Å². The summed E-state index contributed by atoms with van der Waals surface area (Å²) in [6.07, 6.45) is 0. The van der Waals surface area contributed by atoms with E-state index in [1.807, 2.05) is 12.1 Å². The summed E-state index contributed by atoms with van der Waals surface area (Å²) in [6.45, 7) is 5.65. The zero-order valence-electron chi connectivity index (χ0n) is 14.6. The molecule has 0 aliphatic carbocycles. The highest BCUT2D eigenvalue weighted by Crippen LogP contribution is 2.14. The topological polar surface area (TPSA) is 24.5 Å². The molecule has 0 saturated heterocycles. The van der Waals surface area contributed by atoms with Gasteiger partial charge in [-0.15, -0.1) is 24.8 Å². The summed E-state index contributed by atoms with van der Waals surface area (Å²) in [5.74, 6) is 0.914. The van der Waals surface area contributed by atoms with Gasteiger partial charge in [0, 0.05) is 19.6 Å². The third-order valence-electron chi connectivity index (χ3n) is 3.51. The summed E-state index contributed by atoms with van der Waals surface area (Å²) < 4.78 is 5.82. The van der Waals surface area contributed by atoms with Gasteiger partial charge >= 0.3 is 0 Å². The van der Waals surface area contributed by atoms with Crippen LogP contribution in [0.25, 0.3) is 0 Å². The molecular formula is C19H28Cl2N2O. The SMILES string of the molecule is Cc1ccc(COc2ccc(CNCCN(C)C)cc2)cc1.Cl.Cl. The average molecular weight is 371 g/mol. The lowest BCUT2D eigenvalue weighted by molar-refractivity contribution is 0.306. The Balaban J connectivity index is 0.00000264. The Bertz CT molecular complexity index is 557. The van der Waals surface area contributed by atoms with E-state index >= 15 is 0 Å². The second kappa shape index (κ2) is 12.2. The van der Waals surface area contributed by atoms with Crippen LogP contribution in [0.15, 0.2) is 48.5 Å². The monoisotopic (exact) mass is 370 g/mol. The predicted octanol–water partition coefficient (Wildman–Crippen LogP) is 4.07. The molecule has 3 nitrogen and oxygen atoms in total. The zero-order chi connectivity index (χ0) is 15.8. The second-order valence-corrected chi connectivity index (χ2v) is 5.90. The lowest BCUT2D eigenvalue weighted by atomic mass is 10.2. The molecule has 134 valence electrons. The third-order valence-corrected chi connectivity index (χ3v) is 3.51. The van der Waals surface area contributed by atoms with E-state index in [0.29, 0.717) is 6.61 Å². The first-order valence-electron chi connectivity index (χ1n) is 7.76. The first kappa shape index (κ1) is 22.7. The minimum Gasteiger partial charge on any atom is -0.489 e. The van der Waals surface area contributed by atoms with E-state index < -0.39 is 0 Å². The smallest absolute Gasteiger partial charge is 0.119 e. The van der Waals surface area contributed by atoms with Crippen molar-refractivity contribution in [1.82, 2.24) is 10.2 Å². The van der Waals surface area contributed by atoms with E-state index in [4.69, 9.17) is 4.74 Å². The van der Waals surface area contributed by atoms with Crippen molar-refractivity contribution in [3.63, 3.8) is 0 Å². The molecule has 0 heterocycles. The quantitative estimate of drug-likeness (QED) is 0.708. The first-order valence-corrected chi connectivity index (χ1v) is 7.76. The van der Waals surface area contributed by atoms with E-state index in [1.165, 1.54) is 16.7 Å². The van der Waals surface area contributed by atoms with Crippen molar-refractivity contribution in [1.29, 1.82) is 0 Å². The largest absolute Gasteiger partial charge is 0.489 e. The minimum atomic E-state index is 0. The Morgan fingerprint density at radius 2 is 1.46 bits per heavy atom. The molecule has 0 aliphatic heterocycles. The molecule has 0 fully saturated rings. The van der Waals surface area contributed by atoms with Crippen molar-refractivity contribution < 1.29 is 4.74 Å². The number of rotatable bonds is 8. The van der Waals surface area contributed by atoms with E-state index in [0.717, 1.165) is 25.4 Å². The summed E-state index contributed by atoms with van der Waals surface area (Å²) >= 11 is 0. The first-order chi connectivity index (χ1) is 10.6. The van der Waals surface area contributed by atoms with Gasteiger partial charge < -0.3 is 15.0 Å². The van der Waals surface area contributed by atoms with Crippen molar-refractivity contribution in [2.45, 2.75) is 20.1 Å². The summed E-state index contributed by atoms with van der Waals surface area (Å²) in [4.78, 5) is 2.18. The number of nitrogens with zero attached hydrogens (tertiary/aromatic N) is 1. The molecule has 0 atom stereocenters. The van der Waals surface area contributed by atoms with Crippen LogP contribution in [0.5, 0.6) is 5.75 Å². The lowest BCUT2D eigenvalue weighted by Gasteiger charge is -2.11. The third kappa shape index (κ3) is 8.55. The van der Waals surface area contributed by atoms with E-state index in [9.17, 15) is 0 Å². The van der Waals surface area contributed by atoms with Crippen molar-refractivity contribution in [2.24, 2.45) is 0 Å². The molecule has 0 aromatic heterocycles. The molecule has 0 bridgehead atoms. The van der Waals surface area contributed by atoms with Crippen LogP contribution in [-0.4, -0.2) is 32.1 Å². The molecule has 0 amide bonds. The van der Waals surface area contributed by atoms with Gasteiger partial charge in [0.2, 0.25) is 0 Å². The number of nitrogens with one attached hydrogen (secondary N) is 1. The molecule has 0 spiro atoms. The zero-order valence-corrected chi connectivity index (χ0v) is 16.3. The normalized spacial score (nSPS) is 10.0. The van der Waals surface area contributed by atoms with Crippen LogP contribution in [0.1, 0.15) is 16.7 Å². The van der Waals surface area contributed by atoms with Crippen molar-refractivity contribution >= 4 is 24.8 Å². The molecule has 0 saturated carbocycles. The van der Waals surface area contributed by atoms with Gasteiger partial charge in [0.15, 0.2) is 0 Å². The molecule has 5 heteroatoms. The number of likely N-dealkylation sites (N-methyl/N-ethyl adjacent to an activating group) is 1. The van der Waals surface area contributed by atoms with Crippen LogP contribution in [0.3, 0.4) is 0 Å². The Hall–Kier alpha value is -1.26. The molecule has 2 aromatic rings. The van der Waals surface area contributed by atoms with E-state index in [1.54, 1.807) is 0 Å². The van der Waals surface area contributed by atoms with Gasteiger partial charge in [0.05, 0.1) is 0 Å². The molecule has 24 heavy (non-hydrogen) atoms. The Morgan fingerprint density at radius 3 is 2.04 bits per heavy atom. The van der Waals surface area contributed by atoms with Gasteiger partial charge in [-0.25, -0.2) is 0 Å². The molecule has 2 aromatic carbocycles. The summed E-state index contributed by atoms with van der Waals surface area (Å²) in [7, 11) is 4.17. The minimum absolute atomic E-state index is 0. The van der Waals surface area contributed by atoms with Gasteiger partial charge in [-0.3, -0.25) is 0 Å². The molecule has 1 N–H and O–H groups in total. The van der Waals surface area contributed by atoms with Crippen molar-refractivity contribution in [3.05, 3.63) is 65.2 Å². The average Bonchev–Trinajstić information content (AvgIpc) is 2.52. The number of ether oxygens (including phenoxy) is 1. The van der Waals surface area contributed by atoms with Crippen LogP contribution in [0, 0.1) is 6.92 Å². The van der Waals surface area contributed by atoms with Crippen LogP contribution in [0.2, 0.25) is 0 Å². The van der Waals surface area contributed by atoms with E-state index in [-0.39, 0.29) is 24.8 Å². The van der Waals surface area contributed by atoms with Gasteiger partial charge in [-0.05, 0) is 44.3 Å². The van der Waals surface area contributed by atoms with Crippen LogP contribution >= 0.6 is 24.8 Å². The fraction of sp³-hybridized carbons (Fsp3) is 0.368. The second-order valence-electron chi connectivity index (χ2n) is 5.90. The van der Waals surface area contributed by atoms with Gasteiger partial charge in [-0.2, -0.15) is 0 Å². The summed E-state index contributed by atoms with van der Waals surface area (Å²) in [5.41, 5.74) is 3.75. The van der Waals surface area contributed by atoms with Crippen molar-refractivity contribution in [2.75, 3.05) is 27.2 Å². The Kier molecular flexibility index (Phi) is 11.5. The molecule has 0 unspecified atom stereocenters. The highest BCUT2D eigenvalue weighted by molar-refractivity contribution is 5.85. The highest BCUT2D eigenvalue weighted by Gasteiger charge is 1.98. The van der Waals surface area contributed by atoms with Crippen LogP contribution in [0.4, 0.5) is 0 Å². The van der Waals surface area contributed by atoms with Crippen molar-refractivity contribution in [3.8, 4) is 5.75 Å². The highest BCUT2D eigenvalue weighted by atomic mass is 35.5. The number of aryl methyl sites for hydroxylation is 1. The van der Waals surface area contributed by atoms with Gasteiger partial charge in [0.1, 0.15) is 12.4 Å². The standard InChI is InChI=1S/C19H26N2O.2ClH/c1-16-4-6-18(7-5-16)15-22-19-10-8-17(9-11-19)14-20-12-13-21(2)3;;/h4-11,20H,12-15H2,1-3H3;2*1H. The fourth-order valence-corrected chi connectivity index (χ4v) is 2.09. The fourth-order valence-electron chi connectivity index (χ4n) is 2.09. The molecule has 0 aliphatic rings. The predicted molar refractivity (Wildman–Crippen MR) is 107 cm³/mol. The number of hydrogen-bond donors (Lipinski definition) is 1. The van der Waals surface area contributed by atoms with Gasteiger partial charge in [0.25, 0.3) is 0 Å². The number of hydrogen-bond acceptors (Lipinski definition) is 3. The molecule has 2 rings (SSSR count). The number of benzene rings is 2. The molecular weight excluding hydrogens is 343 g/mol. The maximum atomic E-state index is 5.82. The summed E-state index contributed by atoms with van der Waals surface area (Å²) in [6, 6.07) is 16.8. The van der Waals surface area contributed by atoms with E-state index in [2.05, 4.69) is 67.6 Å². The Labute approximate surface area is 158 Å². The van der Waals surface area contributed by atoms with Crippen LogP contribution in [-0.2, 0) is 13.2 Å². The molecule has 0 radical (unpaired) electrons. The maximum absolute atomic E-state index is 5.82. The number of halogens is 2. The summed E-state index contributed by atoms with van der Waals surface area (Å²) in [5, 5.41) is 3.43. The van der Waals surface area contributed by atoms with Gasteiger partial charge in [-0.1, -0.05) is 42.0 Å². The maximum Gasteiger partial charge on any atom is 0.119 e. The lowest BCUT2D eigenvalue weighted by Crippen LogP contribution is -2.26.